The van der Waals surface area contributed by atoms with Crippen LogP contribution in [-0.4, -0.2) is 35.6 Å². The molecule has 0 aromatic heterocycles. The van der Waals surface area contributed by atoms with Gasteiger partial charge in [-0.2, -0.15) is 0 Å². The van der Waals surface area contributed by atoms with E-state index in [1.165, 1.54) is 77.3 Å². The summed E-state index contributed by atoms with van der Waals surface area (Å²) in [6.45, 7) is 9.74. The summed E-state index contributed by atoms with van der Waals surface area (Å²) >= 11 is 0. The summed E-state index contributed by atoms with van der Waals surface area (Å²) < 4.78 is 0. The van der Waals surface area contributed by atoms with Crippen molar-refractivity contribution in [2.75, 3.05) is 13.1 Å². The molecule has 2 nitrogen and oxygen atoms in total. The fourth-order valence-corrected chi connectivity index (χ4v) is 5.05. The van der Waals surface area contributed by atoms with E-state index in [2.05, 4.69) is 31.0 Å². The molecule has 1 atom stereocenters. The second-order valence-corrected chi connectivity index (χ2v) is 9.03. The molecule has 2 heteroatoms. The Morgan fingerprint density at radius 3 is 2.14 bits per heavy atom. The van der Waals surface area contributed by atoms with Gasteiger partial charge in [0.15, 0.2) is 0 Å². The minimum absolute atomic E-state index is 0.378. The predicted octanol–water partition coefficient (Wildman–Crippen LogP) is 4.34. The standard InChI is InChI=1S/C19H36N2/c1-18(2,3)17-14-21(16-10-6-4-7-11-16)19(15-20-17)12-8-5-9-13-19/h16-17,20H,4-15H2,1-3H3. The third-order valence-corrected chi connectivity index (χ3v) is 6.51. The molecule has 0 aromatic carbocycles. The number of piperazine rings is 1. The highest BCUT2D eigenvalue weighted by atomic mass is 15.3. The van der Waals surface area contributed by atoms with Crippen molar-refractivity contribution in [1.29, 1.82) is 0 Å². The molecule has 0 aromatic rings. The highest BCUT2D eigenvalue weighted by molar-refractivity contribution is 5.04. The molecule has 1 N–H and O–H groups in total. The zero-order chi connectivity index (χ0) is 14.9. The van der Waals surface area contributed by atoms with Crippen LogP contribution in [-0.2, 0) is 0 Å². The Hall–Kier alpha value is -0.0800. The maximum absolute atomic E-state index is 3.95. The predicted molar refractivity (Wildman–Crippen MR) is 90.6 cm³/mol. The molecule has 21 heavy (non-hydrogen) atoms. The first kappa shape index (κ1) is 15.8. The summed E-state index contributed by atoms with van der Waals surface area (Å²) in [4.78, 5) is 3.01. The van der Waals surface area contributed by atoms with Crippen LogP contribution in [0, 0.1) is 5.41 Å². The minimum atomic E-state index is 0.378. The van der Waals surface area contributed by atoms with Crippen LogP contribution in [0.1, 0.15) is 85.0 Å². The van der Waals surface area contributed by atoms with Crippen molar-refractivity contribution in [2.45, 2.75) is 103 Å². The van der Waals surface area contributed by atoms with Crippen LogP contribution in [0.5, 0.6) is 0 Å². The lowest BCUT2D eigenvalue weighted by Crippen LogP contribution is -2.69. The second-order valence-electron chi connectivity index (χ2n) is 9.03. The number of nitrogens with zero attached hydrogens (tertiary/aromatic N) is 1. The summed E-state index contributed by atoms with van der Waals surface area (Å²) in [6, 6.07) is 1.54. The average Bonchev–Trinajstić information content (AvgIpc) is 2.48. The Morgan fingerprint density at radius 1 is 0.905 bits per heavy atom. The van der Waals surface area contributed by atoms with E-state index < -0.39 is 0 Å². The van der Waals surface area contributed by atoms with E-state index >= 15 is 0 Å². The van der Waals surface area contributed by atoms with Gasteiger partial charge in [0.25, 0.3) is 0 Å². The van der Waals surface area contributed by atoms with Crippen molar-refractivity contribution in [1.82, 2.24) is 10.2 Å². The highest BCUT2D eigenvalue weighted by Gasteiger charge is 2.46. The largest absolute Gasteiger partial charge is 0.310 e. The molecule has 0 radical (unpaired) electrons. The average molecular weight is 293 g/mol. The van der Waals surface area contributed by atoms with Gasteiger partial charge in [-0.05, 0) is 31.1 Å². The highest BCUT2D eigenvalue weighted by Crippen LogP contribution is 2.41. The molecule has 2 saturated carbocycles. The van der Waals surface area contributed by atoms with E-state index in [1.807, 2.05) is 0 Å². The van der Waals surface area contributed by atoms with Crippen LogP contribution in [0.25, 0.3) is 0 Å². The molecular weight excluding hydrogens is 256 g/mol. The van der Waals surface area contributed by atoms with E-state index in [0.29, 0.717) is 17.0 Å². The van der Waals surface area contributed by atoms with Crippen LogP contribution < -0.4 is 5.32 Å². The number of hydrogen-bond donors (Lipinski definition) is 1. The van der Waals surface area contributed by atoms with Gasteiger partial charge in [-0.15, -0.1) is 0 Å². The van der Waals surface area contributed by atoms with Crippen molar-refractivity contribution in [3.63, 3.8) is 0 Å². The zero-order valence-electron chi connectivity index (χ0n) is 14.6. The Balaban J connectivity index is 1.79. The van der Waals surface area contributed by atoms with E-state index in [9.17, 15) is 0 Å². The Kier molecular flexibility index (Phi) is 4.66. The monoisotopic (exact) mass is 292 g/mol. The van der Waals surface area contributed by atoms with Crippen LogP contribution in [0.2, 0.25) is 0 Å². The number of nitrogens with one attached hydrogen (secondary N) is 1. The van der Waals surface area contributed by atoms with Gasteiger partial charge in [-0.25, -0.2) is 0 Å². The number of rotatable bonds is 1. The van der Waals surface area contributed by atoms with Gasteiger partial charge < -0.3 is 5.32 Å². The van der Waals surface area contributed by atoms with Crippen molar-refractivity contribution >= 4 is 0 Å². The molecule has 2 aliphatic carbocycles. The Labute approximate surface area is 132 Å². The van der Waals surface area contributed by atoms with Crippen molar-refractivity contribution < 1.29 is 0 Å². The van der Waals surface area contributed by atoms with Gasteiger partial charge >= 0.3 is 0 Å². The lowest BCUT2D eigenvalue weighted by atomic mass is 9.74. The summed E-state index contributed by atoms with van der Waals surface area (Å²) in [5.41, 5.74) is 0.880. The molecule has 3 aliphatic rings. The maximum Gasteiger partial charge on any atom is 0.0337 e. The fraction of sp³-hybridized carbons (Fsp3) is 1.00. The molecule has 1 unspecified atom stereocenters. The first-order valence-electron chi connectivity index (χ1n) is 9.51. The quantitative estimate of drug-likeness (QED) is 0.773. The van der Waals surface area contributed by atoms with E-state index in [0.717, 1.165) is 6.04 Å². The Bertz CT molecular complexity index is 332. The van der Waals surface area contributed by atoms with Gasteiger partial charge in [0.2, 0.25) is 0 Å². The second kappa shape index (κ2) is 6.20. The van der Waals surface area contributed by atoms with E-state index in [4.69, 9.17) is 0 Å². The van der Waals surface area contributed by atoms with Gasteiger partial charge in [-0.1, -0.05) is 59.3 Å². The molecular formula is C19H36N2. The molecule has 0 bridgehead atoms. The smallest absolute Gasteiger partial charge is 0.0337 e. The molecule has 122 valence electrons. The SMILES string of the molecule is CC(C)(C)C1CN(C2CCCCC2)C2(CCCCC2)CN1. The summed E-state index contributed by atoms with van der Waals surface area (Å²) in [5, 5.41) is 3.95. The zero-order valence-corrected chi connectivity index (χ0v) is 14.6. The van der Waals surface area contributed by atoms with Gasteiger partial charge in [-0.3, -0.25) is 4.90 Å². The lowest BCUT2D eigenvalue weighted by Gasteiger charge is -2.57. The minimum Gasteiger partial charge on any atom is -0.310 e. The first-order chi connectivity index (χ1) is 10.0. The van der Waals surface area contributed by atoms with E-state index in [-0.39, 0.29) is 0 Å². The van der Waals surface area contributed by atoms with E-state index in [1.54, 1.807) is 0 Å². The normalized spacial score (nSPS) is 32.4. The van der Waals surface area contributed by atoms with Gasteiger partial charge in [0.1, 0.15) is 0 Å². The number of hydrogen-bond acceptors (Lipinski definition) is 2. The van der Waals surface area contributed by atoms with Crippen molar-refractivity contribution in [2.24, 2.45) is 5.41 Å². The van der Waals surface area contributed by atoms with Crippen molar-refractivity contribution in [3.05, 3.63) is 0 Å². The van der Waals surface area contributed by atoms with Crippen LogP contribution in [0.4, 0.5) is 0 Å². The fourth-order valence-electron chi connectivity index (χ4n) is 5.05. The van der Waals surface area contributed by atoms with Crippen LogP contribution in [0.15, 0.2) is 0 Å². The summed E-state index contributed by atoms with van der Waals surface area (Å²) in [5.74, 6) is 0. The van der Waals surface area contributed by atoms with Gasteiger partial charge in [0, 0.05) is 30.7 Å². The molecule has 3 fully saturated rings. The molecule has 1 aliphatic heterocycles. The first-order valence-corrected chi connectivity index (χ1v) is 9.51. The van der Waals surface area contributed by atoms with Crippen LogP contribution >= 0.6 is 0 Å². The molecule has 1 spiro atoms. The topological polar surface area (TPSA) is 15.3 Å². The van der Waals surface area contributed by atoms with Crippen LogP contribution in [0.3, 0.4) is 0 Å². The van der Waals surface area contributed by atoms with Crippen molar-refractivity contribution in [3.8, 4) is 0 Å². The molecule has 3 rings (SSSR count). The third-order valence-electron chi connectivity index (χ3n) is 6.51. The summed E-state index contributed by atoms with van der Waals surface area (Å²) in [7, 11) is 0. The molecule has 0 amide bonds. The third kappa shape index (κ3) is 3.32. The summed E-state index contributed by atoms with van der Waals surface area (Å²) in [6.07, 6.45) is 14.5. The van der Waals surface area contributed by atoms with Gasteiger partial charge in [0.05, 0.1) is 0 Å². The maximum atomic E-state index is 3.95. The molecule has 1 saturated heterocycles. The Morgan fingerprint density at radius 2 is 1.52 bits per heavy atom. The molecule has 1 heterocycles. The lowest BCUT2D eigenvalue weighted by molar-refractivity contribution is -0.0480.